The molecule has 5 heteroatoms. The Morgan fingerprint density at radius 3 is 3.00 bits per heavy atom. The van der Waals surface area contributed by atoms with Crippen molar-refractivity contribution in [3.05, 3.63) is 22.8 Å². The third-order valence-corrected chi connectivity index (χ3v) is 3.38. The van der Waals surface area contributed by atoms with E-state index in [4.69, 9.17) is 4.74 Å². The number of methoxy groups -OCH3 is 1. The Bertz CT molecular complexity index is 295. The topological polar surface area (TPSA) is 34.1 Å². The Labute approximate surface area is 109 Å². The molecule has 0 aliphatic heterocycles. The van der Waals surface area contributed by atoms with Crippen LogP contribution in [0.25, 0.3) is 0 Å². The van der Waals surface area contributed by atoms with Crippen molar-refractivity contribution >= 4 is 27.7 Å². The summed E-state index contributed by atoms with van der Waals surface area (Å²) >= 11 is 5.12. The fraction of sp³-hybridized carbons (Fsp3) is 0.545. The van der Waals surface area contributed by atoms with Gasteiger partial charge in [-0.3, -0.25) is 0 Å². The average Bonchev–Trinajstić information content (AvgIpc) is 2.27. The number of halogens is 1. The SMILES string of the molecule is COCC(C)NCCSc1ccc(Br)cn1. The summed E-state index contributed by atoms with van der Waals surface area (Å²) in [6.45, 7) is 3.83. The van der Waals surface area contributed by atoms with Crippen LogP contribution in [0, 0.1) is 0 Å². The van der Waals surface area contributed by atoms with E-state index in [2.05, 4.69) is 33.2 Å². The molecule has 0 spiro atoms. The highest BCUT2D eigenvalue weighted by Crippen LogP contribution is 2.16. The summed E-state index contributed by atoms with van der Waals surface area (Å²) in [6.07, 6.45) is 1.82. The summed E-state index contributed by atoms with van der Waals surface area (Å²) < 4.78 is 6.06. The number of aromatic nitrogens is 1. The summed E-state index contributed by atoms with van der Waals surface area (Å²) in [4.78, 5) is 4.29. The number of thioether (sulfide) groups is 1. The van der Waals surface area contributed by atoms with Crippen molar-refractivity contribution < 1.29 is 4.74 Å². The normalized spacial score (nSPS) is 12.7. The third kappa shape index (κ3) is 5.84. The van der Waals surface area contributed by atoms with E-state index in [1.54, 1.807) is 18.9 Å². The molecule has 0 aliphatic carbocycles. The molecule has 1 unspecified atom stereocenters. The monoisotopic (exact) mass is 304 g/mol. The molecule has 0 amide bonds. The maximum absolute atomic E-state index is 5.05. The summed E-state index contributed by atoms with van der Waals surface area (Å²) in [7, 11) is 1.72. The quantitative estimate of drug-likeness (QED) is 0.620. The third-order valence-electron chi connectivity index (χ3n) is 1.96. The van der Waals surface area contributed by atoms with Gasteiger partial charge in [0.15, 0.2) is 0 Å². The zero-order valence-electron chi connectivity index (χ0n) is 9.57. The van der Waals surface area contributed by atoms with E-state index >= 15 is 0 Å². The molecule has 0 saturated carbocycles. The average molecular weight is 305 g/mol. The van der Waals surface area contributed by atoms with E-state index in [0.29, 0.717) is 6.04 Å². The van der Waals surface area contributed by atoms with Gasteiger partial charge in [-0.2, -0.15) is 0 Å². The van der Waals surface area contributed by atoms with Crippen LogP contribution in [0.5, 0.6) is 0 Å². The van der Waals surface area contributed by atoms with Crippen molar-refractivity contribution in [3.8, 4) is 0 Å². The smallest absolute Gasteiger partial charge is 0.0961 e. The van der Waals surface area contributed by atoms with Crippen LogP contribution in [-0.2, 0) is 4.74 Å². The largest absolute Gasteiger partial charge is 0.383 e. The number of hydrogen-bond acceptors (Lipinski definition) is 4. The van der Waals surface area contributed by atoms with E-state index in [0.717, 1.165) is 28.4 Å². The maximum Gasteiger partial charge on any atom is 0.0961 e. The Morgan fingerprint density at radius 2 is 2.38 bits per heavy atom. The molecule has 3 nitrogen and oxygen atoms in total. The lowest BCUT2D eigenvalue weighted by molar-refractivity contribution is 0.173. The van der Waals surface area contributed by atoms with Crippen LogP contribution >= 0.6 is 27.7 Å². The highest BCUT2D eigenvalue weighted by atomic mass is 79.9. The first-order valence-corrected chi connectivity index (χ1v) is 6.97. The van der Waals surface area contributed by atoms with Gasteiger partial charge in [-0.05, 0) is 35.0 Å². The van der Waals surface area contributed by atoms with Crippen molar-refractivity contribution in [2.45, 2.75) is 18.0 Å². The molecule has 1 N–H and O–H groups in total. The van der Waals surface area contributed by atoms with Crippen molar-refractivity contribution in [2.24, 2.45) is 0 Å². The summed E-state index contributed by atoms with van der Waals surface area (Å²) in [5, 5.41) is 4.44. The molecule has 1 heterocycles. The molecule has 0 bridgehead atoms. The van der Waals surface area contributed by atoms with Crippen molar-refractivity contribution in [2.75, 3.05) is 26.0 Å². The highest BCUT2D eigenvalue weighted by molar-refractivity contribution is 9.10. The molecule has 1 aromatic heterocycles. The Kier molecular flexibility index (Phi) is 7.03. The van der Waals surface area contributed by atoms with Crippen LogP contribution in [-0.4, -0.2) is 37.0 Å². The maximum atomic E-state index is 5.05. The van der Waals surface area contributed by atoms with Crippen LogP contribution in [0.2, 0.25) is 0 Å². The molecule has 0 saturated heterocycles. The first kappa shape index (κ1) is 14.0. The Hall–Kier alpha value is -0.100. The number of hydrogen-bond donors (Lipinski definition) is 1. The number of pyridine rings is 1. The molecule has 0 aromatic carbocycles. The molecule has 1 atom stereocenters. The molecule has 0 fully saturated rings. The van der Waals surface area contributed by atoms with Gasteiger partial charge in [0.1, 0.15) is 0 Å². The Morgan fingerprint density at radius 1 is 1.56 bits per heavy atom. The number of ether oxygens (including phenoxy) is 1. The van der Waals surface area contributed by atoms with Gasteiger partial charge in [-0.15, -0.1) is 11.8 Å². The summed E-state index contributed by atoms with van der Waals surface area (Å²) in [5.74, 6) is 1.02. The molecular weight excluding hydrogens is 288 g/mol. The molecule has 0 radical (unpaired) electrons. The van der Waals surface area contributed by atoms with Crippen LogP contribution in [0.4, 0.5) is 0 Å². The van der Waals surface area contributed by atoms with Gasteiger partial charge >= 0.3 is 0 Å². The van der Waals surface area contributed by atoms with Gasteiger partial charge in [0.05, 0.1) is 11.6 Å². The van der Waals surface area contributed by atoms with E-state index in [9.17, 15) is 0 Å². The molecule has 1 aromatic rings. The van der Waals surface area contributed by atoms with Crippen molar-refractivity contribution in [1.82, 2.24) is 10.3 Å². The van der Waals surface area contributed by atoms with Gasteiger partial charge in [-0.1, -0.05) is 0 Å². The Balaban J connectivity index is 2.13. The first-order valence-electron chi connectivity index (χ1n) is 5.19. The minimum atomic E-state index is 0.406. The van der Waals surface area contributed by atoms with E-state index < -0.39 is 0 Å². The zero-order valence-corrected chi connectivity index (χ0v) is 12.0. The number of nitrogens with one attached hydrogen (secondary N) is 1. The van der Waals surface area contributed by atoms with Crippen LogP contribution in [0.1, 0.15) is 6.92 Å². The molecular formula is C11H17BrN2OS. The van der Waals surface area contributed by atoms with Gasteiger partial charge < -0.3 is 10.1 Å². The fourth-order valence-corrected chi connectivity index (χ4v) is 2.17. The lowest BCUT2D eigenvalue weighted by Crippen LogP contribution is -2.31. The molecule has 1 rings (SSSR count). The second-order valence-corrected chi connectivity index (χ2v) is 5.50. The lowest BCUT2D eigenvalue weighted by Gasteiger charge is -2.11. The standard InChI is InChI=1S/C11H17BrN2OS/c1-9(8-15-2)13-5-6-16-11-4-3-10(12)7-14-11/h3-4,7,9,13H,5-6,8H2,1-2H3. The lowest BCUT2D eigenvalue weighted by atomic mass is 10.4. The van der Waals surface area contributed by atoms with Crippen molar-refractivity contribution in [1.29, 1.82) is 0 Å². The predicted octanol–water partition coefficient (Wildman–Crippen LogP) is 2.56. The minimum absolute atomic E-state index is 0.406. The predicted molar refractivity (Wildman–Crippen MR) is 72.0 cm³/mol. The molecule has 16 heavy (non-hydrogen) atoms. The number of rotatable bonds is 7. The highest BCUT2D eigenvalue weighted by Gasteiger charge is 2.00. The number of nitrogens with zero attached hydrogens (tertiary/aromatic N) is 1. The summed E-state index contributed by atoms with van der Waals surface area (Å²) in [5.41, 5.74) is 0. The van der Waals surface area contributed by atoms with Crippen LogP contribution < -0.4 is 5.32 Å². The summed E-state index contributed by atoms with van der Waals surface area (Å²) in [6, 6.07) is 4.44. The fourth-order valence-electron chi connectivity index (χ4n) is 1.22. The molecule has 0 aliphatic rings. The van der Waals surface area contributed by atoms with Crippen LogP contribution in [0.3, 0.4) is 0 Å². The van der Waals surface area contributed by atoms with E-state index in [-0.39, 0.29) is 0 Å². The van der Waals surface area contributed by atoms with Gasteiger partial charge in [0.2, 0.25) is 0 Å². The van der Waals surface area contributed by atoms with Gasteiger partial charge in [-0.25, -0.2) is 4.98 Å². The minimum Gasteiger partial charge on any atom is -0.383 e. The van der Waals surface area contributed by atoms with Crippen LogP contribution in [0.15, 0.2) is 27.8 Å². The second kappa shape index (κ2) is 8.06. The first-order chi connectivity index (χ1) is 7.72. The van der Waals surface area contributed by atoms with E-state index in [1.807, 2.05) is 18.3 Å². The second-order valence-electron chi connectivity index (χ2n) is 3.47. The van der Waals surface area contributed by atoms with Crippen molar-refractivity contribution in [3.63, 3.8) is 0 Å². The zero-order chi connectivity index (χ0) is 11.8. The van der Waals surface area contributed by atoms with Gasteiger partial charge in [0, 0.05) is 36.1 Å². The van der Waals surface area contributed by atoms with Gasteiger partial charge in [0.25, 0.3) is 0 Å². The van der Waals surface area contributed by atoms with E-state index in [1.165, 1.54) is 0 Å². The molecule has 90 valence electrons.